The Hall–Kier alpha value is -2.34. The Kier molecular flexibility index (Phi) is 3.39. The number of aromatic nitrogens is 2. The summed E-state index contributed by atoms with van der Waals surface area (Å²) in [6.45, 7) is 4.07. The van der Waals surface area contributed by atoms with Crippen LogP contribution in [0.15, 0.2) is 24.3 Å². The first-order chi connectivity index (χ1) is 9.72. The number of carbonyl (C=O) groups is 1. The van der Waals surface area contributed by atoms with Crippen molar-refractivity contribution in [1.29, 1.82) is 0 Å². The zero-order valence-electron chi connectivity index (χ0n) is 11.2. The Balaban J connectivity index is 1.77. The van der Waals surface area contributed by atoms with E-state index in [0.29, 0.717) is 12.3 Å². The van der Waals surface area contributed by atoms with Crippen molar-refractivity contribution in [1.82, 2.24) is 15.5 Å². The highest BCUT2D eigenvalue weighted by atomic mass is 16.5. The fraction of sp³-hybridized carbons (Fsp3) is 0.286. The van der Waals surface area contributed by atoms with Crippen molar-refractivity contribution in [3.05, 3.63) is 41.2 Å². The lowest BCUT2D eigenvalue weighted by molar-refractivity contribution is 0.102. The largest absolute Gasteiger partial charge is 0.492 e. The van der Waals surface area contributed by atoms with Gasteiger partial charge in [-0.05, 0) is 31.2 Å². The van der Waals surface area contributed by atoms with E-state index in [0.717, 1.165) is 35.8 Å². The van der Waals surface area contributed by atoms with Gasteiger partial charge in [-0.25, -0.2) is 0 Å². The van der Waals surface area contributed by atoms with Gasteiger partial charge in [0.15, 0.2) is 5.69 Å². The minimum absolute atomic E-state index is 0.225. The maximum atomic E-state index is 12.0. The Labute approximate surface area is 116 Å². The molecule has 1 aromatic heterocycles. The number of nitrogens with zero attached hydrogens (tertiary/aromatic N) is 1. The Morgan fingerprint density at radius 2 is 2.30 bits per heavy atom. The topological polar surface area (TPSA) is 79.0 Å². The minimum Gasteiger partial charge on any atom is -0.492 e. The van der Waals surface area contributed by atoms with Crippen molar-refractivity contribution in [3.63, 3.8) is 0 Å². The number of carbonyl (C=O) groups excluding carboxylic acids is 1. The molecule has 1 aliphatic rings. The van der Waals surface area contributed by atoms with E-state index in [4.69, 9.17) is 4.74 Å². The normalized spacial score (nSPS) is 14.1. The lowest BCUT2D eigenvalue weighted by Gasteiger charge is -2.09. The third-order valence-corrected chi connectivity index (χ3v) is 3.11. The van der Waals surface area contributed by atoms with Crippen LogP contribution in [-0.4, -0.2) is 29.3 Å². The van der Waals surface area contributed by atoms with Crippen molar-refractivity contribution in [3.8, 4) is 5.75 Å². The maximum absolute atomic E-state index is 12.0. The number of rotatable bonds is 2. The second kappa shape index (κ2) is 5.34. The van der Waals surface area contributed by atoms with Crippen LogP contribution >= 0.6 is 0 Å². The van der Waals surface area contributed by atoms with Gasteiger partial charge in [0.2, 0.25) is 0 Å². The Morgan fingerprint density at radius 1 is 1.40 bits per heavy atom. The Bertz CT molecular complexity index is 636. The first kappa shape index (κ1) is 12.7. The number of aromatic amines is 1. The molecule has 0 bridgehead atoms. The molecule has 1 aromatic carbocycles. The fourth-order valence-corrected chi connectivity index (χ4v) is 2.12. The first-order valence-corrected chi connectivity index (χ1v) is 6.52. The van der Waals surface area contributed by atoms with Crippen molar-refractivity contribution in [2.75, 3.05) is 18.5 Å². The molecule has 0 aliphatic carbocycles. The van der Waals surface area contributed by atoms with Crippen LogP contribution in [0.5, 0.6) is 5.75 Å². The van der Waals surface area contributed by atoms with Crippen molar-refractivity contribution in [2.24, 2.45) is 0 Å². The van der Waals surface area contributed by atoms with Gasteiger partial charge in [-0.2, -0.15) is 5.10 Å². The van der Waals surface area contributed by atoms with Gasteiger partial charge in [0.05, 0.1) is 0 Å². The van der Waals surface area contributed by atoms with Gasteiger partial charge in [0, 0.05) is 30.0 Å². The summed E-state index contributed by atoms with van der Waals surface area (Å²) in [6.07, 6.45) is 0. The molecule has 3 rings (SSSR count). The summed E-state index contributed by atoms with van der Waals surface area (Å²) in [5.41, 5.74) is 3.02. The third-order valence-electron chi connectivity index (χ3n) is 3.11. The summed E-state index contributed by atoms with van der Waals surface area (Å²) < 4.78 is 5.60. The van der Waals surface area contributed by atoms with E-state index in [2.05, 4.69) is 20.8 Å². The SMILES string of the molecule is Cc1cc(C(=O)Nc2ccc3c(c2)CNCCO3)n[nH]1. The van der Waals surface area contributed by atoms with Crippen LogP contribution in [0.1, 0.15) is 21.7 Å². The van der Waals surface area contributed by atoms with Gasteiger partial charge in [-0.3, -0.25) is 9.89 Å². The van der Waals surface area contributed by atoms with E-state index < -0.39 is 0 Å². The van der Waals surface area contributed by atoms with Gasteiger partial charge < -0.3 is 15.4 Å². The summed E-state index contributed by atoms with van der Waals surface area (Å²) in [7, 11) is 0. The fourth-order valence-electron chi connectivity index (χ4n) is 2.12. The number of amides is 1. The van der Waals surface area contributed by atoms with Crippen LogP contribution in [0.2, 0.25) is 0 Å². The van der Waals surface area contributed by atoms with E-state index in [1.807, 2.05) is 25.1 Å². The standard InChI is InChI=1S/C14H16N4O2/c1-9-6-12(18-17-9)14(19)16-11-2-3-13-10(7-11)8-15-4-5-20-13/h2-3,6-7,15H,4-5,8H2,1H3,(H,16,19)(H,17,18). The quantitative estimate of drug-likeness (QED) is 0.773. The molecule has 0 fully saturated rings. The van der Waals surface area contributed by atoms with E-state index in [9.17, 15) is 4.79 Å². The van der Waals surface area contributed by atoms with Gasteiger partial charge in [0.25, 0.3) is 5.91 Å². The molecule has 6 nitrogen and oxygen atoms in total. The zero-order valence-corrected chi connectivity index (χ0v) is 11.2. The van der Waals surface area contributed by atoms with Crippen LogP contribution in [0.3, 0.4) is 0 Å². The highest BCUT2D eigenvalue weighted by Crippen LogP contribution is 2.24. The van der Waals surface area contributed by atoms with Gasteiger partial charge >= 0.3 is 0 Å². The molecule has 0 spiro atoms. The second-order valence-corrected chi connectivity index (χ2v) is 4.74. The molecule has 3 N–H and O–H groups in total. The van der Waals surface area contributed by atoms with Crippen molar-refractivity contribution in [2.45, 2.75) is 13.5 Å². The predicted octanol–water partition coefficient (Wildman–Crippen LogP) is 1.45. The average Bonchev–Trinajstić information content (AvgIpc) is 2.74. The van der Waals surface area contributed by atoms with E-state index >= 15 is 0 Å². The number of hydrogen-bond donors (Lipinski definition) is 3. The second-order valence-electron chi connectivity index (χ2n) is 4.74. The molecule has 2 aromatic rings. The van der Waals surface area contributed by atoms with Crippen LogP contribution in [-0.2, 0) is 6.54 Å². The van der Waals surface area contributed by atoms with Crippen molar-refractivity contribution >= 4 is 11.6 Å². The summed E-state index contributed by atoms with van der Waals surface area (Å²) in [6, 6.07) is 7.35. The van der Waals surface area contributed by atoms with E-state index in [1.54, 1.807) is 6.07 Å². The molecule has 1 aliphatic heterocycles. The van der Waals surface area contributed by atoms with Crippen LogP contribution in [0.25, 0.3) is 0 Å². The minimum atomic E-state index is -0.225. The number of anilines is 1. The maximum Gasteiger partial charge on any atom is 0.276 e. The molecule has 0 saturated carbocycles. The smallest absolute Gasteiger partial charge is 0.276 e. The highest BCUT2D eigenvalue weighted by molar-refractivity contribution is 6.02. The summed E-state index contributed by atoms with van der Waals surface area (Å²) in [5.74, 6) is 0.639. The van der Waals surface area contributed by atoms with Crippen LogP contribution < -0.4 is 15.4 Å². The summed E-state index contributed by atoms with van der Waals surface area (Å²) in [5, 5.41) is 12.8. The van der Waals surface area contributed by atoms with Crippen LogP contribution in [0.4, 0.5) is 5.69 Å². The molecule has 6 heteroatoms. The molecule has 0 atom stereocenters. The number of fused-ring (bicyclic) bond motifs is 1. The molecule has 1 amide bonds. The van der Waals surface area contributed by atoms with Gasteiger partial charge in [-0.1, -0.05) is 0 Å². The van der Waals surface area contributed by atoms with Gasteiger partial charge in [-0.15, -0.1) is 0 Å². The average molecular weight is 272 g/mol. The van der Waals surface area contributed by atoms with E-state index in [-0.39, 0.29) is 5.91 Å². The number of aryl methyl sites for hydroxylation is 1. The number of benzene rings is 1. The Morgan fingerprint density at radius 3 is 3.10 bits per heavy atom. The van der Waals surface area contributed by atoms with Gasteiger partial charge in [0.1, 0.15) is 12.4 Å². The number of nitrogens with one attached hydrogen (secondary N) is 3. The number of hydrogen-bond acceptors (Lipinski definition) is 4. The molecule has 0 radical (unpaired) electrons. The molecule has 2 heterocycles. The summed E-state index contributed by atoms with van der Waals surface area (Å²) >= 11 is 0. The van der Waals surface area contributed by atoms with Crippen molar-refractivity contribution < 1.29 is 9.53 Å². The third kappa shape index (κ3) is 2.65. The molecule has 20 heavy (non-hydrogen) atoms. The molecular formula is C14H16N4O2. The number of ether oxygens (including phenoxy) is 1. The lowest BCUT2D eigenvalue weighted by atomic mass is 10.1. The molecule has 0 unspecified atom stereocenters. The van der Waals surface area contributed by atoms with Crippen LogP contribution in [0, 0.1) is 6.92 Å². The number of H-pyrrole nitrogens is 1. The first-order valence-electron chi connectivity index (χ1n) is 6.52. The molecule has 104 valence electrons. The summed E-state index contributed by atoms with van der Waals surface area (Å²) in [4.78, 5) is 12.0. The molecular weight excluding hydrogens is 256 g/mol. The zero-order chi connectivity index (χ0) is 13.9. The molecule has 0 saturated heterocycles. The highest BCUT2D eigenvalue weighted by Gasteiger charge is 2.12. The monoisotopic (exact) mass is 272 g/mol. The predicted molar refractivity (Wildman–Crippen MR) is 74.9 cm³/mol. The lowest BCUT2D eigenvalue weighted by Crippen LogP contribution is -2.16. The van der Waals surface area contributed by atoms with E-state index in [1.165, 1.54) is 0 Å².